The zero-order valence-corrected chi connectivity index (χ0v) is 23.0. The van der Waals surface area contributed by atoms with Crippen LogP contribution in [0.25, 0.3) is 6.08 Å². The third kappa shape index (κ3) is 5.12. The van der Waals surface area contributed by atoms with E-state index in [1.165, 1.54) is 47.1 Å². The Balaban J connectivity index is 1.52. The van der Waals surface area contributed by atoms with E-state index in [2.05, 4.69) is 10.1 Å². The van der Waals surface area contributed by atoms with Crippen LogP contribution in [-0.4, -0.2) is 35.4 Å². The quantitative estimate of drug-likeness (QED) is 0.289. The van der Waals surface area contributed by atoms with Crippen molar-refractivity contribution in [2.45, 2.75) is 18.7 Å². The summed E-state index contributed by atoms with van der Waals surface area (Å²) >= 11 is 13.7. The molecular weight excluding hydrogens is 567 g/mol. The Morgan fingerprint density at radius 1 is 1.00 bits per heavy atom. The summed E-state index contributed by atoms with van der Waals surface area (Å²) < 4.78 is 31.3. The summed E-state index contributed by atoms with van der Waals surface area (Å²) in [5.74, 6) is -1.17. The van der Waals surface area contributed by atoms with Gasteiger partial charge in [-0.25, -0.2) is 0 Å². The molecule has 0 aliphatic carbocycles. The fourth-order valence-electron chi connectivity index (χ4n) is 3.60. The summed E-state index contributed by atoms with van der Waals surface area (Å²) in [6.45, 7) is 3.80. The predicted octanol–water partition coefficient (Wildman–Crippen LogP) is 6.05. The Morgan fingerprint density at radius 3 is 2.29 bits per heavy atom. The Labute approximate surface area is 233 Å². The lowest BCUT2D eigenvalue weighted by Gasteiger charge is -2.20. The van der Waals surface area contributed by atoms with Crippen molar-refractivity contribution in [2.75, 3.05) is 0 Å². The van der Waals surface area contributed by atoms with Gasteiger partial charge in [0.05, 0.1) is 10.6 Å². The standard InChI is InChI=1S/C26H18Cl2N4O4S2/c1-14-3-7-16(8-4-14)25-31-32-23(29)20(24(33)30-26(32)37-25)12-17-11-18(27)13-21(28)22(17)36-38(34,35)19-9-5-15(2)6-10-19/h3-13,29H,1-2H3/b20-12-,29-23?. The normalized spacial score (nSPS) is 16.4. The molecule has 0 saturated carbocycles. The maximum Gasteiger partial charge on any atom is 0.339 e. The van der Waals surface area contributed by atoms with Crippen LogP contribution in [-0.2, 0) is 14.9 Å². The van der Waals surface area contributed by atoms with E-state index in [4.69, 9.17) is 32.8 Å². The Hall–Kier alpha value is -3.44. The minimum atomic E-state index is -4.27. The molecule has 3 aromatic carbocycles. The molecule has 2 aliphatic rings. The second-order valence-corrected chi connectivity index (χ2v) is 11.8. The van der Waals surface area contributed by atoms with Gasteiger partial charge in [-0.15, -0.1) is 0 Å². The predicted molar refractivity (Wildman–Crippen MR) is 151 cm³/mol. The second kappa shape index (κ2) is 10.0. The van der Waals surface area contributed by atoms with E-state index in [-0.39, 0.29) is 42.8 Å². The third-order valence-electron chi connectivity index (χ3n) is 5.59. The first-order valence-electron chi connectivity index (χ1n) is 11.1. The van der Waals surface area contributed by atoms with Crippen molar-refractivity contribution in [2.24, 2.45) is 10.1 Å². The molecule has 1 amide bonds. The zero-order chi connectivity index (χ0) is 27.2. The average molecular weight is 585 g/mol. The number of thioether (sulfide) groups is 1. The molecule has 1 N–H and O–H groups in total. The van der Waals surface area contributed by atoms with Crippen LogP contribution in [0.5, 0.6) is 5.75 Å². The molecule has 12 heteroatoms. The van der Waals surface area contributed by atoms with Gasteiger partial charge in [0, 0.05) is 16.1 Å². The fourth-order valence-corrected chi connectivity index (χ4v) is 6.06. The highest BCUT2D eigenvalue weighted by Crippen LogP contribution is 2.37. The van der Waals surface area contributed by atoms with Crippen LogP contribution in [0.2, 0.25) is 10.0 Å². The lowest BCUT2D eigenvalue weighted by atomic mass is 10.1. The number of hydrazone groups is 1. The molecule has 3 aromatic rings. The van der Waals surface area contributed by atoms with Gasteiger partial charge in [0.25, 0.3) is 5.91 Å². The number of rotatable bonds is 5. The number of nitrogens with zero attached hydrogens (tertiary/aromatic N) is 3. The molecule has 0 spiro atoms. The average Bonchev–Trinajstić information content (AvgIpc) is 3.28. The largest absolute Gasteiger partial charge is 0.377 e. The number of aliphatic imine (C=N–C) groups is 1. The van der Waals surface area contributed by atoms with Crippen LogP contribution in [0.15, 0.2) is 81.2 Å². The van der Waals surface area contributed by atoms with E-state index in [1.807, 2.05) is 38.1 Å². The van der Waals surface area contributed by atoms with Gasteiger partial charge < -0.3 is 4.18 Å². The number of amides is 1. The van der Waals surface area contributed by atoms with Crippen LogP contribution >= 0.6 is 35.0 Å². The number of halogens is 2. The van der Waals surface area contributed by atoms with Gasteiger partial charge in [0.15, 0.2) is 11.6 Å². The monoisotopic (exact) mass is 584 g/mol. The number of carbonyl (C=O) groups is 1. The van der Waals surface area contributed by atoms with E-state index in [9.17, 15) is 13.2 Å². The van der Waals surface area contributed by atoms with E-state index in [0.29, 0.717) is 5.04 Å². The fraction of sp³-hybridized carbons (Fsp3) is 0.0769. The van der Waals surface area contributed by atoms with Crippen molar-refractivity contribution in [3.63, 3.8) is 0 Å². The van der Waals surface area contributed by atoms with Crippen molar-refractivity contribution < 1.29 is 17.4 Å². The molecule has 2 heterocycles. The van der Waals surface area contributed by atoms with E-state index < -0.39 is 16.0 Å². The molecule has 0 saturated heterocycles. The Kier molecular flexibility index (Phi) is 6.91. The number of hydrogen-bond acceptors (Lipinski definition) is 7. The van der Waals surface area contributed by atoms with Gasteiger partial charge in [-0.2, -0.15) is 23.5 Å². The molecule has 0 radical (unpaired) electrons. The smallest absolute Gasteiger partial charge is 0.339 e. The number of aryl methyl sites for hydroxylation is 2. The molecule has 0 aromatic heterocycles. The van der Waals surface area contributed by atoms with Crippen LogP contribution in [0.4, 0.5) is 0 Å². The van der Waals surface area contributed by atoms with Crippen molar-refractivity contribution in [1.82, 2.24) is 5.01 Å². The molecule has 192 valence electrons. The van der Waals surface area contributed by atoms with Gasteiger partial charge in [0.2, 0.25) is 5.17 Å². The number of hydrogen-bond donors (Lipinski definition) is 1. The van der Waals surface area contributed by atoms with Crippen LogP contribution in [0, 0.1) is 19.3 Å². The molecule has 0 unspecified atom stereocenters. The Bertz CT molecular complexity index is 1700. The second-order valence-electron chi connectivity index (χ2n) is 8.45. The third-order valence-corrected chi connectivity index (χ3v) is 8.28. The summed E-state index contributed by atoms with van der Waals surface area (Å²) in [6, 6.07) is 16.5. The van der Waals surface area contributed by atoms with Crippen molar-refractivity contribution >= 4 is 73.1 Å². The molecular formula is C26H18Cl2N4O4S2. The van der Waals surface area contributed by atoms with Crippen LogP contribution in [0.3, 0.4) is 0 Å². The molecule has 38 heavy (non-hydrogen) atoms. The highest BCUT2D eigenvalue weighted by atomic mass is 35.5. The number of amidine groups is 2. The first-order chi connectivity index (χ1) is 18.0. The van der Waals surface area contributed by atoms with Crippen molar-refractivity contribution in [3.05, 3.63) is 98.5 Å². The first kappa shape index (κ1) is 26.2. The van der Waals surface area contributed by atoms with E-state index in [0.717, 1.165) is 16.7 Å². The first-order valence-corrected chi connectivity index (χ1v) is 14.1. The molecule has 0 atom stereocenters. The van der Waals surface area contributed by atoms with E-state index >= 15 is 0 Å². The summed E-state index contributed by atoms with van der Waals surface area (Å²) in [5.41, 5.74) is 2.73. The Morgan fingerprint density at radius 2 is 1.63 bits per heavy atom. The summed E-state index contributed by atoms with van der Waals surface area (Å²) in [6.07, 6.45) is 1.27. The molecule has 2 aliphatic heterocycles. The lowest BCUT2D eigenvalue weighted by Crippen LogP contribution is -2.35. The topological polar surface area (TPSA) is 112 Å². The van der Waals surface area contributed by atoms with Crippen molar-refractivity contribution in [1.29, 1.82) is 5.41 Å². The zero-order valence-electron chi connectivity index (χ0n) is 19.9. The maximum atomic E-state index is 13.0. The van der Waals surface area contributed by atoms with Crippen molar-refractivity contribution in [3.8, 4) is 5.75 Å². The molecule has 0 fully saturated rings. The highest BCUT2D eigenvalue weighted by molar-refractivity contribution is 8.27. The number of benzene rings is 3. The van der Waals surface area contributed by atoms with Gasteiger partial charge in [-0.1, -0.05) is 70.7 Å². The molecule has 5 rings (SSSR count). The van der Waals surface area contributed by atoms with Gasteiger partial charge in [0.1, 0.15) is 9.94 Å². The van der Waals surface area contributed by atoms with Gasteiger partial charge in [-0.05, 0) is 56.0 Å². The number of fused-ring (bicyclic) bond motifs is 1. The molecule has 0 bridgehead atoms. The lowest BCUT2D eigenvalue weighted by molar-refractivity contribution is -0.114. The molecule has 8 nitrogen and oxygen atoms in total. The van der Waals surface area contributed by atoms with Crippen LogP contribution in [0.1, 0.15) is 22.3 Å². The maximum absolute atomic E-state index is 13.0. The minimum absolute atomic E-state index is 0.0736. The van der Waals surface area contributed by atoms with E-state index in [1.54, 1.807) is 12.1 Å². The summed E-state index contributed by atoms with van der Waals surface area (Å²) in [4.78, 5) is 17.0. The number of nitrogens with one attached hydrogen (secondary N) is 1. The highest BCUT2D eigenvalue weighted by Gasteiger charge is 2.36. The summed E-state index contributed by atoms with van der Waals surface area (Å²) in [7, 11) is -4.27. The van der Waals surface area contributed by atoms with Gasteiger partial charge >= 0.3 is 10.1 Å². The SMILES string of the molecule is Cc1ccc(C2=NN3C(=N)/C(=C/c4cc(Cl)cc(Cl)c4OS(=O)(=O)c4ccc(C)cc4)C(=O)N=C3S2)cc1. The van der Waals surface area contributed by atoms with Gasteiger partial charge in [-0.3, -0.25) is 10.2 Å². The minimum Gasteiger partial charge on any atom is -0.377 e. The summed E-state index contributed by atoms with van der Waals surface area (Å²) in [5, 5.41) is 15.3. The number of carbonyl (C=O) groups excluding carboxylic acids is 1. The van der Waals surface area contributed by atoms with Crippen LogP contribution < -0.4 is 4.18 Å².